The lowest BCUT2D eigenvalue weighted by Gasteiger charge is -2.26. The van der Waals surface area contributed by atoms with Crippen molar-refractivity contribution >= 4 is 47.0 Å². The summed E-state index contributed by atoms with van der Waals surface area (Å²) >= 11 is 0. The molecule has 0 amide bonds. The molecule has 0 aliphatic carbocycles. The number of aliphatic hydroxyl groups is 2. The van der Waals surface area contributed by atoms with Crippen molar-refractivity contribution in [2.24, 2.45) is 0 Å². The molecular weight excluding hydrogens is 826 g/mol. The third-order valence-corrected chi connectivity index (χ3v) is 11.5. The fourth-order valence-electron chi connectivity index (χ4n) is 5.96. The van der Waals surface area contributed by atoms with Crippen LogP contribution in [0, 0.1) is 0 Å². The van der Waals surface area contributed by atoms with Gasteiger partial charge in [-0.15, -0.1) is 0 Å². The minimum atomic E-state index is -3.86. The lowest BCUT2D eigenvalue weighted by molar-refractivity contribution is -0.0660. The van der Waals surface area contributed by atoms with E-state index in [1.54, 1.807) is 0 Å². The zero-order chi connectivity index (χ0) is 45.8. The van der Waals surface area contributed by atoms with Gasteiger partial charge in [0, 0.05) is 52.5 Å². The molecule has 18 nitrogen and oxygen atoms in total. The van der Waals surface area contributed by atoms with Crippen LogP contribution in [-0.2, 0) is 74.2 Å². The molecule has 4 heterocycles. The largest absolute Gasteiger partial charge is 0.474 e. The molecule has 4 fully saturated rings. The number of hydrogen-bond donors (Lipinski definition) is 2. The molecule has 0 aromatic heterocycles. The van der Waals surface area contributed by atoms with E-state index in [2.05, 4.69) is 13.6 Å². The van der Waals surface area contributed by atoms with Crippen LogP contribution in [0.5, 0.6) is 0 Å². The first-order chi connectivity index (χ1) is 28.0. The van der Waals surface area contributed by atoms with E-state index in [9.17, 15) is 14.2 Å². The number of phosphoric ester groups is 2. The highest BCUT2D eigenvalue weighted by molar-refractivity contribution is 7.48. The van der Waals surface area contributed by atoms with E-state index in [0.717, 1.165) is 0 Å². The SMILES string of the molecule is COP(=O)(OC)OC.[B][C@H]1CC(O)[C@@H](COC(C)C)O1.[B][C@H]1CC(OC(C)C)[C@@H](CO)O1.[B][C@H]1CC(OC(C)C)[C@@H](COP(=O)(OC)OC2C[C@H]([B])O[C@@H]2COC(C)C)O1. The Kier molecular flexibility index (Phi) is 28.6. The molecule has 24 heteroatoms. The molecule has 60 heavy (non-hydrogen) atoms. The zero-order valence-electron chi connectivity index (χ0n) is 37.5. The molecule has 344 valence electrons. The van der Waals surface area contributed by atoms with Crippen LogP contribution >= 0.6 is 15.6 Å². The summed E-state index contributed by atoms with van der Waals surface area (Å²) in [5, 5.41) is 18.3. The molecule has 0 aromatic carbocycles. The highest BCUT2D eigenvalue weighted by Crippen LogP contribution is 2.52. The second-order valence-corrected chi connectivity index (χ2v) is 19.0. The summed E-state index contributed by atoms with van der Waals surface area (Å²) in [6.45, 7) is 16.1. The minimum Gasteiger partial charge on any atom is -0.394 e. The van der Waals surface area contributed by atoms with Gasteiger partial charge < -0.3 is 48.1 Å². The van der Waals surface area contributed by atoms with Gasteiger partial charge in [-0.3, -0.25) is 27.1 Å². The third kappa shape index (κ3) is 22.8. The Labute approximate surface area is 363 Å². The normalized spacial score (nSPS) is 32.7. The third-order valence-electron chi connectivity index (χ3n) is 8.76. The van der Waals surface area contributed by atoms with Crippen LogP contribution in [0.1, 0.15) is 81.1 Å². The monoisotopic (exact) mass is 896 g/mol. The molecule has 5 unspecified atom stereocenters. The Morgan fingerprint density at radius 2 is 0.900 bits per heavy atom. The van der Waals surface area contributed by atoms with E-state index < -0.39 is 52.1 Å². The number of ether oxygens (including phenoxy) is 8. The molecule has 4 aliphatic rings. The smallest absolute Gasteiger partial charge is 0.394 e. The number of phosphoric acid groups is 2. The number of rotatable bonds is 20. The van der Waals surface area contributed by atoms with E-state index in [0.29, 0.717) is 32.3 Å². The molecule has 4 aliphatic heterocycles. The van der Waals surface area contributed by atoms with Crippen LogP contribution in [0.4, 0.5) is 0 Å². The molecule has 2 N–H and O–H groups in total. The van der Waals surface area contributed by atoms with Crippen LogP contribution in [0.25, 0.3) is 0 Å². The van der Waals surface area contributed by atoms with Gasteiger partial charge in [0.1, 0.15) is 55.8 Å². The fraction of sp³-hybridized carbons (Fsp3) is 1.00. The molecule has 8 radical (unpaired) electrons. The lowest BCUT2D eigenvalue weighted by Crippen LogP contribution is -2.32. The maximum Gasteiger partial charge on any atom is 0.474 e. The summed E-state index contributed by atoms with van der Waals surface area (Å²) in [4.78, 5) is 0. The van der Waals surface area contributed by atoms with E-state index in [-0.39, 0.29) is 80.7 Å². The van der Waals surface area contributed by atoms with Gasteiger partial charge in [0.05, 0.1) is 75.3 Å². The van der Waals surface area contributed by atoms with Gasteiger partial charge in [0.25, 0.3) is 0 Å². The van der Waals surface area contributed by atoms with Crippen molar-refractivity contribution in [1.82, 2.24) is 0 Å². The van der Waals surface area contributed by atoms with E-state index >= 15 is 0 Å². The second kappa shape index (κ2) is 29.6. The highest BCUT2D eigenvalue weighted by atomic mass is 31.2. The average Bonchev–Trinajstić information content (AvgIpc) is 3.92. The first-order valence-electron chi connectivity index (χ1n) is 20.3. The quantitative estimate of drug-likeness (QED) is 0.133. The summed E-state index contributed by atoms with van der Waals surface area (Å²) < 4.78 is 96.8. The topological polar surface area (TPSA) is 204 Å². The average molecular weight is 896 g/mol. The second-order valence-electron chi connectivity index (χ2n) is 15.3. The van der Waals surface area contributed by atoms with Gasteiger partial charge in [0.15, 0.2) is 0 Å². The van der Waals surface area contributed by atoms with Crippen molar-refractivity contribution in [3.8, 4) is 0 Å². The molecular formula is C36H70B4O18P2. The van der Waals surface area contributed by atoms with E-state index in [1.165, 1.54) is 28.4 Å². The first-order valence-corrected chi connectivity index (χ1v) is 23.2. The summed E-state index contributed by atoms with van der Waals surface area (Å²) in [6, 6.07) is -1.61. The summed E-state index contributed by atoms with van der Waals surface area (Å²) in [6.07, 6.45) is -0.371. The first kappa shape index (κ1) is 58.1. The van der Waals surface area contributed by atoms with Gasteiger partial charge in [-0.25, -0.2) is 9.13 Å². The van der Waals surface area contributed by atoms with Crippen LogP contribution in [-0.4, -0.2) is 194 Å². The van der Waals surface area contributed by atoms with Crippen LogP contribution in [0.3, 0.4) is 0 Å². The van der Waals surface area contributed by atoms with Gasteiger partial charge in [0.2, 0.25) is 0 Å². The zero-order valence-corrected chi connectivity index (χ0v) is 39.3. The van der Waals surface area contributed by atoms with Crippen molar-refractivity contribution in [1.29, 1.82) is 0 Å². The van der Waals surface area contributed by atoms with E-state index in [4.69, 9.17) is 88.0 Å². The van der Waals surface area contributed by atoms with Crippen LogP contribution < -0.4 is 0 Å². The predicted molar refractivity (Wildman–Crippen MR) is 225 cm³/mol. The van der Waals surface area contributed by atoms with Crippen LogP contribution in [0.2, 0.25) is 0 Å². The van der Waals surface area contributed by atoms with Crippen molar-refractivity contribution in [2.45, 2.75) is 178 Å². The number of hydrogen-bond acceptors (Lipinski definition) is 18. The van der Waals surface area contributed by atoms with Crippen molar-refractivity contribution < 1.29 is 84.4 Å². The maximum atomic E-state index is 13.0. The Morgan fingerprint density at radius 3 is 1.27 bits per heavy atom. The predicted octanol–water partition coefficient (Wildman–Crippen LogP) is 3.07. The molecule has 0 saturated carbocycles. The van der Waals surface area contributed by atoms with Crippen LogP contribution in [0.15, 0.2) is 0 Å². The molecule has 13 atom stereocenters. The standard InChI is InChI=1S/C17H31B2O8P.2C8H15BO3.C3H9O4P/c1-10(2)22-8-14-13(7-17(19)25-14)27-28(20,21-5)23-9-15-12(24-11(3)4)6-16(18)26-15;1-5(2)11-4-7-6(10)3-8(9)12-7;1-5(2)11-6-3-8(9)12-7(6)4-10;1-5-8(4,6-2)7-3/h10-17H,6-9H2,1-5H3;2*5-8,10H,3-4H2,1-2H3;1-3H3/t12?,13?,14-,15-,16-,17-,28?;2*6?,7-,8-;/m111./s1. The van der Waals surface area contributed by atoms with Gasteiger partial charge in [-0.1, -0.05) is 0 Å². The Hall–Kier alpha value is 0.0797. The summed E-state index contributed by atoms with van der Waals surface area (Å²) in [7, 11) is 20.8. The van der Waals surface area contributed by atoms with Crippen molar-refractivity contribution in [3.63, 3.8) is 0 Å². The van der Waals surface area contributed by atoms with Gasteiger partial charge >= 0.3 is 15.6 Å². The molecule has 0 spiro atoms. The Bertz CT molecular complexity index is 1210. The lowest BCUT2D eigenvalue weighted by atomic mass is 9.96. The molecule has 0 aromatic rings. The van der Waals surface area contributed by atoms with Gasteiger partial charge in [-0.05, 0) is 81.1 Å². The minimum absolute atomic E-state index is 0.00530. The fourth-order valence-corrected chi connectivity index (χ4v) is 7.54. The van der Waals surface area contributed by atoms with Gasteiger partial charge in [-0.2, -0.15) is 0 Å². The molecule has 4 rings (SSSR count). The number of aliphatic hydroxyl groups excluding tert-OH is 2. The van der Waals surface area contributed by atoms with E-state index in [1.807, 2.05) is 55.4 Å². The van der Waals surface area contributed by atoms with Crippen molar-refractivity contribution in [2.75, 3.05) is 54.9 Å². The summed E-state index contributed by atoms with van der Waals surface area (Å²) in [5.74, 6) is 0. The summed E-state index contributed by atoms with van der Waals surface area (Å²) in [5.41, 5.74) is 0. The Morgan fingerprint density at radius 1 is 0.533 bits per heavy atom. The molecule has 0 bridgehead atoms. The molecule has 4 saturated heterocycles. The van der Waals surface area contributed by atoms with Crippen molar-refractivity contribution in [3.05, 3.63) is 0 Å². The maximum absolute atomic E-state index is 13.0. The Balaban J connectivity index is 0.000000462. The highest BCUT2D eigenvalue weighted by Gasteiger charge is 2.42.